The summed E-state index contributed by atoms with van der Waals surface area (Å²) in [6.07, 6.45) is 0. The van der Waals surface area contributed by atoms with Gasteiger partial charge in [0.05, 0.1) is 12.6 Å². The molecule has 0 radical (unpaired) electrons. The lowest BCUT2D eigenvalue weighted by Crippen LogP contribution is -2.56. The second kappa shape index (κ2) is 7.23. The van der Waals surface area contributed by atoms with Gasteiger partial charge in [0.15, 0.2) is 0 Å². The van der Waals surface area contributed by atoms with Gasteiger partial charge in [0.2, 0.25) is 5.91 Å². The van der Waals surface area contributed by atoms with Crippen LogP contribution in [0.15, 0.2) is 30.3 Å². The average Bonchev–Trinajstić information content (AvgIpc) is 2.48. The molecule has 0 saturated carbocycles. The number of benzene rings is 1. The summed E-state index contributed by atoms with van der Waals surface area (Å²) in [6.45, 7) is 3.23. The first-order valence-corrected chi connectivity index (χ1v) is 6.69. The van der Waals surface area contributed by atoms with E-state index in [1.165, 1.54) is 0 Å². The highest BCUT2D eigenvalue weighted by Crippen LogP contribution is 2.06. The molecule has 1 fully saturated rings. The summed E-state index contributed by atoms with van der Waals surface area (Å²) in [5.74, 6) is 0.0464. The van der Waals surface area contributed by atoms with Crippen LogP contribution >= 0.6 is 0 Å². The SMILES string of the molecule is O=C(C1CNCCN1)N(CCO)Cc1ccccc1. The number of nitrogens with one attached hydrogen (secondary N) is 2. The lowest BCUT2D eigenvalue weighted by atomic mass is 10.1. The first-order valence-electron chi connectivity index (χ1n) is 6.69. The van der Waals surface area contributed by atoms with E-state index >= 15 is 0 Å². The number of amides is 1. The van der Waals surface area contributed by atoms with Crippen molar-refractivity contribution in [3.8, 4) is 0 Å². The molecule has 19 heavy (non-hydrogen) atoms. The third-order valence-corrected chi connectivity index (χ3v) is 3.24. The number of carbonyl (C=O) groups is 1. The Bertz CT molecular complexity index is 391. The second-order valence-electron chi connectivity index (χ2n) is 4.68. The van der Waals surface area contributed by atoms with Gasteiger partial charge in [0.25, 0.3) is 0 Å². The molecule has 1 amide bonds. The molecule has 3 N–H and O–H groups in total. The molecule has 1 aromatic carbocycles. The highest BCUT2D eigenvalue weighted by atomic mass is 16.3. The Morgan fingerprint density at radius 2 is 2.11 bits per heavy atom. The van der Waals surface area contributed by atoms with Gasteiger partial charge >= 0.3 is 0 Å². The van der Waals surface area contributed by atoms with Crippen LogP contribution < -0.4 is 10.6 Å². The molecule has 5 heteroatoms. The van der Waals surface area contributed by atoms with Crippen molar-refractivity contribution in [2.75, 3.05) is 32.8 Å². The Hall–Kier alpha value is -1.43. The molecule has 2 rings (SSSR count). The largest absolute Gasteiger partial charge is 0.395 e. The van der Waals surface area contributed by atoms with E-state index in [1.807, 2.05) is 30.3 Å². The van der Waals surface area contributed by atoms with Gasteiger partial charge in [-0.1, -0.05) is 30.3 Å². The first-order chi connectivity index (χ1) is 9.31. The lowest BCUT2D eigenvalue weighted by Gasteiger charge is -2.30. The van der Waals surface area contributed by atoms with Crippen molar-refractivity contribution in [2.45, 2.75) is 12.6 Å². The number of aliphatic hydroxyl groups is 1. The minimum absolute atomic E-state index is 0.0152. The minimum atomic E-state index is -0.191. The Morgan fingerprint density at radius 1 is 1.32 bits per heavy atom. The number of hydrogen-bond acceptors (Lipinski definition) is 4. The Balaban J connectivity index is 2.00. The molecule has 0 aromatic heterocycles. The number of piperazine rings is 1. The quantitative estimate of drug-likeness (QED) is 0.674. The highest BCUT2D eigenvalue weighted by Gasteiger charge is 2.25. The van der Waals surface area contributed by atoms with E-state index in [2.05, 4.69) is 10.6 Å². The first kappa shape index (κ1) is 14.0. The number of rotatable bonds is 5. The molecule has 5 nitrogen and oxygen atoms in total. The van der Waals surface area contributed by atoms with Crippen LogP contribution in [0, 0.1) is 0 Å². The Morgan fingerprint density at radius 3 is 2.74 bits per heavy atom. The van der Waals surface area contributed by atoms with E-state index < -0.39 is 0 Å². The number of aliphatic hydroxyl groups excluding tert-OH is 1. The molecule has 0 bridgehead atoms. The van der Waals surface area contributed by atoms with Crippen molar-refractivity contribution in [1.29, 1.82) is 0 Å². The zero-order valence-electron chi connectivity index (χ0n) is 11.0. The fourth-order valence-electron chi connectivity index (χ4n) is 2.24. The van der Waals surface area contributed by atoms with Crippen LogP contribution in [0.25, 0.3) is 0 Å². The fourth-order valence-corrected chi connectivity index (χ4v) is 2.24. The van der Waals surface area contributed by atoms with Crippen molar-refractivity contribution >= 4 is 5.91 Å². The molecule has 1 heterocycles. The van der Waals surface area contributed by atoms with E-state index in [9.17, 15) is 4.79 Å². The van der Waals surface area contributed by atoms with Gasteiger partial charge in [-0.25, -0.2) is 0 Å². The normalized spacial score (nSPS) is 19.1. The van der Waals surface area contributed by atoms with E-state index in [-0.39, 0.29) is 18.6 Å². The van der Waals surface area contributed by atoms with Gasteiger partial charge in [-0.3, -0.25) is 4.79 Å². The Kier molecular flexibility index (Phi) is 5.32. The van der Waals surface area contributed by atoms with E-state index in [0.717, 1.165) is 18.7 Å². The molecule has 0 aliphatic carbocycles. The summed E-state index contributed by atoms with van der Waals surface area (Å²) < 4.78 is 0. The Labute approximate surface area is 113 Å². The molecule has 1 aliphatic heterocycles. The van der Waals surface area contributed by atoms with Crippen molar-refractivity contribution in [3.05, 3.63) is 35.9 Å². The topological polar surface area (TPSA) is 64.6 Å². The molecular formula is C14H21N3O2. The van der Waals surface area contributed by atoms with Gasteiger partial charge < -0.3 is 20.6 Å². The molecule has 104 valence electrons. The van der Waals surface area contributed by atoms with E-state index in [4.69, 9.17) is 5.11 Å². The van der Waals surface area contributed by atoms with Crippen molar-refractivity contribution in [3.63, 3.8) is 0 Å². The maximum absolute atomic E-state index is 12.4. The van der Waals surface area contributed by atoms with Gasteiger partial charge in [-0.05, 0) is 5.56 Å². The van der Waals surface area contributed by atoms with E-state index in [0.29, 0.717) is 19.6 Å². The number of hydrogen-bond donors (Lipinski definition) is 3. The van der Waals surface area contributed by atoms with Crippen LogP contribution in [-0.2, 0) is 11.3 Å². The van der Waals surface area contributed by atoms with E-state index in [1.54, 1.807) is 4.90 Å². The van der Waals surface area contributed by atoms with Gasteiger partial charge in [0.1, 0.15) is 0 Å². The summed E-state index contributed by atoms with van der Waals surface area (Å²) in [4.78, 5) is 14.1. The van der Waals surface area contributed by atoms with Crippen LogP contribution in [0.3, 0.4) is 0 Å². The third kappa shape index (κ3) is 4.02. The van der Waals surface area contributed by atoms with Crippen molar-refractivity contribution < 1.29 is 9.90 Å². The van der Waals surface area contributed by atoms with Gasteiger partial charge in [-0.15, -0.1) is 0 Å². The van der Waals surface area contributed by atoms with Gasteiger partial charge in [-0.2, -0.15) is 0 Å². The minimum Gasteiger partial charge on any atom is -0.395 e. The van der Waals surface area contributed by atoms with Crippen LogP contribution in [-0.4, -0.2) is 54.7 Å². The number of nitrogens with zero attached hydrogens (tertiary/aromatic N) is 1. The summed E-state index contributed by atoms with van der Waals surface area (Å²) in [6, 6.07) is 9.65. The molecular weight excluding hydrogens is 242 g/mol. The molecule has 1 unspecified atom stereocenters. The van der Waals surface area contributed by atoms with Crippen LogP contribution in [0.2, 0.25) is 0 Å². The smallest absolute Gasteiger partial charge is 0.241 e. The van der Waals surface area contributed by atoms with Crippen LogP contribution in [0.4, 0.5) is 0 Å². The molecule has 1 saturated heterocycles. The number of carbonyl (C=O) groups excluding carboxylic acids is 1. The fraction of sp³-hybridized carbons (Fsp3) is 0.500. The van der Waals surface area contributed by atoms with Gasteiger partial charge in [0, 0.05) is 32.7 Å². The average molecular weight is 263 g/mol. The zero-order chi connectivity index (χ0) is 13.5. The summed E-state index contributed by atoms with van der Waals surface area (Å²) in [5.41, 5.74) is 1.08. The zero-order valence-corrected chi connectivity index (χ0v) is 11.0. The lowest BCUT2D eigenvalue weighted by molar-refractivity contribution is -0.134. The monoisotopic (exact) mass is 263 g/mol. The second-order valence-corrected chi connectivity index (χ2v) is 4.68. The molecule has 0 spiro atoms. The standard InChI is InChI=1S/C14H21N3O2/c18-9-8-17(11-12-4-2-1-3-5-12)14(19)13-10-15-6-7-16-13/h1-5,13,15-16,18H,6-11H2. The summed E-state index contributed by atoms with van der Waals surface area (Å²) >= 11 is 0. The summed E-state index contributed by atoms with van der Waals surface area (Å²) in [7, 11) is 0. The van der Waals surface area contributed by atoms with Crippen LogP contribution in [0.5, 0.6) is 0 Å². The maximum Gasteiger partial charge on any atom is 0.241 e. The molecule has 1 aromatic rings. The molecule has 1 atom stereocenters. The predicted molar refractivity (Wildman–Crippen MR) is 73.6 cm³/mol. The maximum atomic E-state index is 12.4. The van der Waals surface area contributed by atoms with Crippen molar-refractivity contribution in [1.82, 2.24) is 15.5 Å². The summed E-state index contributed by atoms with van der Waals surface area (Å²) in [5, 5.41) is 15.5. The highest BCUT2D eigenvalue weighted by molar-refractivity contribution is 5.82. The van der Waals surface area contributed by atoms with Crippen LogP contribution in [0.1, 0.15) is 5.56 Å². The predicted octanol–water partition coefficient (Wildman–Crippen LogP) is -0.431. The molecule has 1 aliphatic rings. The van der Waals surface area contributed by atoms with Crippen molar-refractivity contribution in [2.24, 2.45) is 0 Å². The third-order valence-electron chi connectivity index (χ3n) is 3.24.